The summed E-state index contributed by atoms with van der Waals surface area (Å²) in [6.45, 7) is 5.42. The van der Waals surface area contributed by atoms with E-state index in [9.17, 15) is 0 Å². The van der Waals surface area contributed by atoms with Gasteiger partial charge in [0, 0.05) is 24.5 Å². The van der Waals surface area contributed by atoms with Gasteiger partial charge in [-0.2, -0.15) is 0 Å². The first-order chi connectivity index (χ1) is 11.2. The van der Waals surface area contributed by atoms with Gasteiger partial charge in [0.15, 0.2) is 5.16 Å². The lowest BCUT2D eigenvalue weighted by atomic mass is 10.1. The molecule has 126 valence electrons. The van der Waals surface area contributed by atoms with Gasteiger partial charge in [-0.3, -0.25) is 0 Å². The molecule has 0 atom stereocenters. The second kappa shape index (κ2) is 7.81. The van der Waals surface area contributed by atoms with E-state index in [1.165, 1.54) is 41.5 Å². The van der Waals surface area contributed by atoms with Crippen molar-refractivity contribution >= 4 is 39.1 Å². The molecule has 3 rings (SSSR count). The number of nitrogens with zero attached hydrogens (tertiary/aromatic N) is 3. The average molecular weight is 351 g/mol. The summed E-state index contributed by atoms with van der Waals surface area (Å²) in [6.07, 6.45) is 8.26. The third kappa shape index (κ3) is 3.80. The van der Waals surface area contributed by atoms with Crippen LogP contribution in [0.5, 0.6) is 0 Å². The summed E-state index contributed by atoms with van der Waals surface area (Å²) >= 11 is 3.47. The molecule has 0 fully saturated rings. The normalized spacial score (nSPS) is 15.1. The third-order valence-corrected chi connectivity index (χ3v) is 6.03. The fourth-order valence-electron chi connectivity index (χ4n) is 3.08. The Labute approximate surface area is 147 Å². The lowest BCUT2D eigenvalue weighted by Crippen LogP contribution is -2.25. The van der Waals surface area contributed by atoms with Gasteiger partial charge in [-0.25, -0.2) is 9.97 Å². The number of thioether (sulfide) groups is 1. The Bertz CT molecular complexity index is 668. The van der Waals surface area contributed by atoms with E-state index in [2.05, 4.69) is 24.2 Å². The average Bonchev–Trinajstić information content (AvgIpc) is 2.91. The number of unbranched alkanes of at least 4 members (excludes halogenated alkanes) is 3. The summed E-state index contributed by atoms with van der Waals surface area (Å²) in [5.74, 6) is 1.05. The van der Waals surface area contributed by atoms with Crippen LogP contribution < -0.4 is 5.32 Å². The molecular formula is C17H26N4S2. The van der Waals surface area contributed by atoms with Crippen LogP contribution in [0.1, 0.15) is 43.0 Å². The van der Waals surface area contributed by atoms with Gasteiger partial charge in [0.1, 0.15) is 10.6 Å². The second-order valence-electron chi connectivity index (χ2n) is 6.22. The molecule has 4 nitrogen and oxygen atoms in total. The summed E-state index contributed by atoms with van der Waals surface area (Å²) in [7, 11) is 2.19. The minimum absolute atomic E-state index is 0.875. The van der Waals surface area contributed by atoms with Crippen molar-refractivity contribution in [3.8, 4) is 0 Å². The van der Waals surface area contributed by atoms with Crippen molar-refractivity contribution in [1.29, 1.82) is 0 Å². The van der Waals surface area contributed by atoms with Crippen molar-refractivity contribution < 1.29 is 0 Å². The van der Waals surface area contributed by atoms with E-state index >= 15 is 0 Å². The lowest BCUT2D eigenvalue weighted by molar-refractivity contribution is 0.318. The van der Waals surface area contributed by atoms with Crippen LogP contribution in [0, 0.1) is 0 Å². The van der Waals surface area contributed by atoms with Crippen molar-refractivity contribution in [2.45, 2.75) is 50.7 Å². The summed E-state index contributed by atoms with van der Waals surface area (Å²) in [6, 6.07) is 0. The van der Waals surface area contributed by atoms with Crippen LogP contribution >= 0.6 is 23.1 Å². The molecule has 0 aromatic carbocycles. The Morgan fingerprint density at radius 3 is 2.91 bits per heavy atom. The molecule has 0 saturated carbocycles. The fourth-order valence-corrected chi connectivity index (χ4v) is 4.80. The van der Waals surface area contributed by atoms with E-state index in [4.69, 9.17) is 9.97 Å². The Balaban J connectivity index is 1.88. The van der Waals surface area contributed by atoms with E-state index in [-0.39, 0.29) is 0 Å². The maximum Gasteiger partial charge on any atom is 0.190 e. The van der Waals surface area contributed by atoms with Crippen LogP contribution in [0.3, 0.4) is 0 Å². The van der Waals surface area contributed by atoms with Crippen molar-refractivity contribution in [2.24, 2.45) is 0 Å². The Morgan fingerprint density at radius 2 is 2.13 bits per heavy atom. The number of hydrogen-bond donors (Lipinski definition) is 1. The van der Waals surface area contributed by atoms with Gasteiger partial charge in [-0.05, 0) is 31.7 Å². The first-order valence-corrected chi connectivity index (χ1v) is 10.6. The third-order valence-electron chi connectivity index (χ3n) is 4.38. The largest absolute Gasteiger partial charge is 0.369 e. The number of nitrogens with one attached hydrogen (secondary N) is 1. The van der Waals surface area contributed by atoms with Crippen molar-refractivity contribution in [3.05, 3.63) is 10.4 Å². The molecule has 0 spiro atoms. The van der Waals surface area contributed by atoms with Crippen LogP contribution in [-0.4, -0.2) is 41.3 Å². The molecule has 6 heteroatoms. The zero-order chi connectivity index (χ0) is 16.2. The smallest absolute Gasteiger partial charge is 0.190 e. The molecule has 0 aliphatic carbocycles. The molecule has 0 saturated heterocycles. The highest BCUT2D eigenvalue weighted by Crippen LogP contribution is 2.38. The molecular weight excluding hydrogens is 324 g/mol. The number of hydrogen-bond acceptors (Lipinski definition) is 6. The van der Waals surface area contributed by atoms with Gasteiger partial charge in [-0.1, -0.05) is 37.9 Å². The Kier molecular flexibility index (Phi) is 5.77. The van der Waals surface area contributed by atoms with Crippen LogP contribution in [0.25, 0.3) is 10.2 Å². The van der Waals surface area contributed by atoms with Crippen molar-refractivity contribution in [2.75, 3.05) is 31.7 Å². The standard InChI is InChI=1S/C17H26N4S2/c1-4-5-6-7-9-18-15-14-12-8-10-21(2)11-13(12)23-16(14)20-17(19-15)22-3/h4-11H2,1-3H3,(H,18,19,20). The summed E-state index contributed by atoms with van der Waals surface area (Å²) in [4.78, 5) is 14.5. The van der Waals surface area contributed by atoms with Gasteiger partial charge in [0.25, 0.3) is 0 Å². The summed E-state index contributed by atoms with van der Waals surface area (Å²) < 4.78 is 0. The molecule has 2 aromatic heterocycles. The maximum absolute atomic E-state index is 4.77. The van der Waals surface area contributed by atoms with Crippen LogP contribution in [0.15, 0.2) is 5.16 Å². The Hall–Kier alpha value is -0.850. The topological polar surface area (TPSA) is 41.1 Å². The summed E-state index contributed by atoms with van der Waals surface area (Å²) in [5, 5.41) is 5.76. The molecule has 0 unspecified atom stereocenters. The van der Waals surface area contributed by atoms with E-state index in [0.29, 0.717) is 0 Å². The van der Waals surface area contributed by atoms with Gasteiger partial charge in [-0.15, -0.1) is 11.3 Å². The highest BCUT2D eigenvalue weighted by molar-refractivity contribution is 7.98. The highest BCUT2D eigenvalue weighted by atomic mass is 32.2. The zero-order valence-corrected chi connectivity index (χ0v) is 15.9. The molecule has 1 aliphatic heterocycles. The van der Waals surface area contributed by atoms with Crippen molar-refractivity contribution in [3.63, 3.8) is 0 Å². The first-order valence-electron chi connectivity index (χ1n) is 8.51. The molecule has 0 amide bonds. The minimum Gasteiger partial charge on any atom is -0.369 e. The van der Waals surface area contributed by atoms with E-state index in [0.717, 1.165) is 41.9 Å². The highest BCUT2D eigenvalue weighted by Gasteiger charge is 2.22. The predicted octanol–water partition coefficient (Wildman–Crippen LogP) is 4.39. The maximum atomic E-state index is 4.77. The molecule has 23 heavy (non-hydrogen) atoms. The monoisotopic (exact) mass is 350 g/mol. The van der Waals surface area contributed by atoms with E-state index < -0.39 is 0 Å². The number of anilines is 1. The van der Waals surface area contributed by atoms with Crippen molar-refractivity contribution in [1.82, 2.24) is 14.9 Å². The Morgan fingerprint density at radius 1 is 1.26 bits per heavy atom. The first kappa shape index (κ1) is 17.0. The molecule has 2 aromatic rings. The van der Waals surface area contributed by atoms with E-state index in [1.807, 2.05) is 17.6 Å². The minimum atomic E-state index is 0.875. The van der Waals surface area contributed by atoms with E-state index in [1.54, 1.807) is 11.8 Å². The molecule has 1 aliphatic rings. The number of thiophene rings is 1. The number of fused-ring (bicyclic) bond motifs is 3. The fraction of sp³-hybridized carbons (Fsp3) is 0.647. The molecule has 1 N–H and O–H groups in total. The number of aromatic nitrogens is 2. The predicted molar refractivity (Wildman–Crippen MR) is 102 cm³/mol. The zero-order valence-electron chi connectivity index (χ0n) is 14.3. The summed E-state index contributed by atoms with van der Waals surface area (Å²) in [5.41, 5.74) is 1.48. The molecule has 0 radical (unpaired) electrons. The quantitative estimate of drug-likeness (QED) is 0.455. The lowest BCUT2D eigenvalue weighted by Gasteiger charge is -2.22. The SMILES string of the molecule is CCCCCCNc1nc(SC)nc2sc3c(c12)CCN(C)C3. The van der Waals surface area contributed by atoms with Gasteiger partial charge >= 0.3 is 0 Å². The van der Waals surface area contributed by atoms with Gasteiger partial charge in [0.2, 0.25) is 0 Å². The van der Waals surface area contributed by atoms with Crippen LogP contribution in [0.2, 0.25) is 0 Å². The van der Waals surface area contributed by atoms with Gasteiger partial charge in [0.05, 0.1) is 5.39 Å². The number of likely N-dealkylation sites (N-methyl/N-ethyl adjacent to an activating group) is 1. The second-order valence-corrected chi connectivity index (χ2v) is 8.08. The molecule has 3 heterocycles. The van der Waals surface area contributed by atoms with Crippen LogP contribution in [-0.2, 0) is 13.0 Å². The number of rotatable bonds is 7. The molecule has 0 bridgehead atoms. The van der Waals surface area contributed by atoms with Gasteiger partial charge < -0.3 is 10.2 Å². The van der Waals surface area contributed by atoms with Crippen LogP contribution in [0.4, 0.5) is 5.82 Å².